The number of aryl methyl sites for hydroxylation is 1. The van der Waals surface area contributed by atoms with Crippen molar-refractivity contribution in [1.82, 2.24) is 15.3 Å². The Morgan fingerprint density at radius 1 is 1.43 bits per heavy atom. The maximum absolute atomic E-state index is 12.1. The number of thiazole rings is 1. The second-order valence-corrected chi connectivity index (χ2v) is 5.87. The first-order valence-corrected chi connectivity index (χ1v) is 7.94. The number of anilines is 1. The van der Waals surface area contributed by atoms with E-state index in [1.54, 1.807) is 11.6 Å². The fourth-order valence-corrected chi connectivity index (χ4v) is 2.64. The van der Waals surface area contributed by atoms with Gasteiger partial charge in [-0.1, -0.05) is 18.5 Å². The van der Waals surface area contributed by atoms with E-state index in [1.807, 2.05) is 6.92 Å². The molecule has 0 atom stereocenters. The lowest BCUT2D eigenvalue weighted by atomic mass is 10.2. The fourth-order valence-electron chi connectivity index (χ4n) is 1.69. The monoisotopic (exact) mass is 324 g/mol. The lowest BCUT2D eigenvalue weighted by Crippen LogP contribution is -2.23. The number of hydrogen-bond acceptors (Lipinski definition) is 5. The average Bonchev–Trinajstić information content (AvgIpc) is 2.88. The first-order chi connectivity index (χ1) is 10.1. The SMILES string of the molecule is CCCNc1ncc(C(=O)NCc2scnc2C)cc1Cl. The number of nitrogens with zero attached hydrogens (tertiary/aromatic N) is 2. The quantitative estimate of drug-likeness (QED) is 0.856. The van der Waals surface area contributed by atoms with Gasteiger partial charge in [-0.2, -0.15) is 0 Å². The Bertz CT molecular complexity index is 629. The molecule has 0 radical (unpaired) electrons. The Hall–Kier alpha value is -1.66. The number of pyridine rings is 1. The van der Waals surface area contributed by atoms with Crippen molar-refractivity contribution in [2.75, 3.05) is 11.9 Å². The molecule has 112 valence electrons. The van der Waals surface area contributed by atoms with E-state index in [-0.39, 0.29) is 5.91 Å². The summed E-state index contributed by atoms with van der Waals surface area (Å²) in [6.07, 6.45) is 2.51. The Balaban J connectivity index is 1.99. The van der Waals surface area contributed by atoms with Gasteiger partial charge >= 0.3 is 0 Å². The van der Waals surface area contributed by atoms with E-state index in [9.17, 15) is 4.79 Å². The van der Waals surface area contributed by atoms with E-state index >= 15 is 0 Å². The number of amides is 1. The molecule has 21 heavy (non-hydrogen) atoms. The van der Waals surface area contributed by atoms with Crippen LogP contribution in [0.25, 0.3) is 0 Å². The summed E-state index contributed by atoms with van der Waals surface area (Å²) < 4.78 is 0. The Kier molecular flexibility index (Phi) is 5.52. The molecular formula is C14H17ClN4OS. The molecule has 2 N–H and O–H groups in total. The van der Waals surface area contributed by atoms with Crippen LogP contribution < -0.4 is 10.6 Å². The number of rotatable bonds is 6. The molecule has 0 saturated carbocycles. The third-order valence-electron chi connectivity index (χ3n) is 2.90. The van der Waals surface area contributed by atoms with E-state index < -0.39 is 0 Å². The predicted molar refractivity (Wildman–Crippen MR) is 86.0 cm³/mol. The lowest BCUT2D eigenvalue weighted by Gasteiger charge is -2.08. The van der Waals surface area contributed by atoms with Crippen molar-refractivity contribution in [3.05, 3.63) is 38.9 Å². The summed E-state index contributed by atoms with van der Waals surface area (Å²) >= 11 is 7.65. The molecule has 0 fully saturated rings. The summed E-state index contributed by atoms with van der Waals surface area (Å²) in [6.45, 7) is 5.24. The summed E-state index contributed by atoms with van der Waals surface area (Å²) in [5.74, 6) is 0.410. The number of halogens is 1. The van der Waals surface area contributed by atoms with Crippen molar-refractivity contribution >= 4 is 34.7 Å². The minimum atomic E-state index is -0.195. The van der Waals surface area contributed by atoms with Gasteiger partial charge < -0.3 is 10.6 Å². The van der Waals surface area contributed by atoms with Gasteiger partial charge in [0, 0.05) is 17.6 Å². The highest BCUT2D eigenvalue weighted by atomic mass is 35.5. The van der Waals surface area contributed by atoms with Crippen molar-refractivity contribution in [3.63, 3.8) is 0 Å². The fraction of sp³-hybridized carbons (Fsp3) is 0.357. The molecule has 0 aliphatic rings. The summed E-state index contributed by atoms with van der Waals surface area (Å²) in [4.78, 5) is 21.5. The molecule has 0 bridgehead atoms. The molecule has 0 aromatic carbocycles. The van der Waals surface area contributed by atoms with E-state index in [1.165, 1.54) is 17.5 Å². The van der Waals surface area contributed by atoms with E-state index in [0.717, 1.165) is 23.5 Å². The smallest absolute Gasteiger partial charge is 0.253 e. The minimum Gasteiger partial charge on any atom is -0.369 e. The molecule has 2 aromatic rings. The molecule has 7 heteroatoms. The molecule has 0 aliphatic heterocycles. The molecular weight excluding hydrogens is 308 g/mol. The molecule has 0 saturated heterocycles. The lowest BCUT2D eigenvalue weighted by molar-refractivity contribution is 0.0951. The number of nitrogens with one attached hydrogen (secondary N) is 2. The van der Waals surface area contributed by atoms with Crippen molar-refractivity contribution < 1.29 is 4.79 Å². The van der Waals surface area contributed by atoms with Crippen LogP contribution in [0.5, 0.6) is 0 Å². The molecule has 2 rings (SSSR count). The van der Waals surface area contributed by atoms with Crippen molar-refractivity contribution in [1.29, 1.82) is 0 Å². The topological polar surface area (TPSA) is 66.9 Å². The summed E-state index contributed by atoms with van der Waals surface area (Å²) in [5.41, 5.74) is 3.16. The second-order valence-electron chi connectivity index (χ2n) is 4.52. The van der Waals surface area contributed by atoms with Crippen molar-refractivity contribution in [3.8, 4) is 0 Å². The van der Waals surface area contributed by atoms with Crippen LogP contribution in [0.2, 0.25) is 5.02 Å². The van der Waals surface area contributed by atoms with E-state index in [4.69, 9.17) is 11.6 Å². The van der Waals surface area contributed by atoms with Gasteiger partial charge in [0.1, 0.15) is 5.82 Å². The minimum absolute atomic E-state index is 0.195. The Morgan fingerprint density at radius 2 is 2.24 bits per heavy atom. The summed E-state index contributed by atoms with van der Waals surface area (Å²) in [6, 6.07) is 1.63. The number of hydrogen-bond donors (Lipinski definition) is 2. The first kappa shape index (κ1) is 15.7. The molecule has 0 aliphatic carbocycles. The van der Waals surface area contributed by atoms with Crippen LogP contribution >= 0.6 is 22.9 Å². The summed E-state index contributed by atoms with van der Waals surface area (Å²) in [5, 5.41) is 6.40. The number of carbonyl (C=O) groups excluding carboxylic acids is 1. The molecule has 2 heterocycles. The highest BCUT2D eigenvalue weighted by Gasteiger charge is 2.10. The van der Waals surface area contributed by atoms with Crippen LogP contribution in [0.4, 0.5) is 5.82 Å². The van der Waals surface area contributed by atoms with Crippen LogP contribution in [0.1, 0.15) is 34.3 Å². The maximum Gasteiger partial charge on any atom is 0.253 e. The van der Waals surface area contributed by atoms with Crippen LogP contribution in [0.15, 0.2) is 17.8 Å². The molecule has 5 nitrogen and oxygen atoms in total. The highest BCUT2D eigenvalue weighted by Crippen LogP contribution is 2.20. The van der Waals surface area contributed by atoms with E-state index in [2.05, 4.69) is 27.5 Å². The highest BCUT2D eigenvalue weighted by molar-refractivity contribution is 7.09. The largest absolute Gasteiger partial charge is 0.369 e. The molecule has 0 unspecified atom stereocenters. The standard InChI is InChI=1S/C14H17ClN4OS/c1-3-4-16-13-11(15)5-10(6-17-13)14(20)18-7-12-9(2)19-8-21-12/h5-6,8H,3-4,7H2,1-2H3,(H,16,17)(H,18,20). The molecule has 0 spiro atoms. The van der Waals surface area contributed by atoms with Crippen LogP contribution in [0, 0.1) is 6.92 Å². The van der Waals surface area contributed by atoms with E-state index in [0.29, 0.717) is 22.9 Å². The van der Waals surface area contributed by atoms with Gasteiger partial charge in [-0.15, -0.1) is 11.3 Å². The Labute approximate surface area is 132 Å². The van der Waals surface area contributed by atoms with Gasteiger partial charge in [0.2, 0.25) is 0 Å². The average molecular weight is 325 g/mol. The van der Waals surface area contributed by atoms with Gasteiger partial charge in [0.15, 0.2) is 0 Å². The zero-order valence-electron chi connectivity index (χ0n) is 11.9. The zero-order chi connectivity index (χ0) is 15.2. The third-order valence-corrected chi connectivity index (χ3v) is 4.12. The third kappa shape index (κ3) is 4.15. The molecule has 2 aromatic heterocycles. The number of aromatic nitrogens is 2. The van der Waals surface area contributed by atoms with Gasteiger partial charge in [-0.25, -0.2) is 9.97 Å². The molecule has 1 amide bonds. The van der Waals surface area contributed by atoms with Crippen LogP contribution in [-0.2, 0) is 6.54 Å². The van der Waals surface area contributed by atoms with Crippen LogP contribution in [0.3, 0.4) is 0 Å². The van der Waals surface area contributed by atoms with Gasteiger partial charge in [-0.05, 0) is 19.4 Å². The van der Waals surface area contributed by atoms with Crippen molar-refractivity contribution in [2.45, 2.75) is 26.8 Å². The normalized spacial score (nSPS) is 10.4. The summed E-state index contributed by atoms with van der Waals surface area (Å²) in [7, 11) is 0. The van der Waals surface area contributed by atoms with Gasteiger partial charge in [-0.3, -0.25) is 4.79 Å². The van der Waals surface area contributed by atoms with Gasteiger partial charge in [0.05, 0.1) is 28.3 Å². The first-order valence-electron chi connectivity index (χ1n) is 6.68. The number of carbonyl (C=O) groups is 1. The zero-order valence-corrected chi connectivity index (χ0v) is 13.5. The maximum atomic E-state index is 12.1. The Morgan fingerprint density at radius 3 is 2.86 bits per heavy atom. The van der Waals surface area contributed by atoms with Crippen LogP contribution in [-0.4, -0.2) is 22.4 Å². The predicted octanol–water partition coefficient (Wildman–Crippen LogP) is 3.25. The van der Waals surface area contributed by atoms with Gasteiger partial charge in [0.25, 0.3) is 5.91 Å². The second kappa shape index (κ2) is 7.38. The van der Waals surface area contributed by atoms with Crippen molar-refractivity contribution in [2.24, 2.45) is 0 Å².